The van der Waals surface area contributed by atoms with Crippen molar-refractivity contribution in [2.45, 2.75) is 11.9 Å². The van der Waals surface area contributed by atoms with Gasteiger partial charge < -0.3 is 9.72 Å². The van der Waals surface area contributed by atoms with Crippen LogP contribution in [-0.2, 0) is 9.53 Å². The number of Topliss-reactive ketones (excluding diaryl/α,β-unsaturated/α-hetero) is 1. The van der Waals surface area contributed by atoms with Gasteiger partial charge in [-0.2, -0.15) is 0 Å². The second-order valence-electron chi connectivity index (χ2n) is 2.34. The van der Waals surface area contributed by atoms with Gasteiger partial charge in [0.1, 0.15) is 10.7 Å². The first kappa shape index (κ1) is 10.8. The molecule has 76 valence electrons. The predicted octanol–water partition coefficient (Wildman–Crippen LogP) is 0.877. The van der Waals surface area contributed by atoms with Crippen LogP contribution >= 0.6 is 11.8 Å². The Bertz CT molecular complexity index is 348. The number of aromatic amines is 1. The number of nitrogens with one attached hydrogen (secondary N) is 1. The van der Waals surface area contributed by atoms with Gasteiger partial charge >= 0.3 is 5.97 Å². The number of carbonyl (C=O) groups excluding carboxylic acids is 2. The highest BCUT2D eigenvalue weighted by atomic mass is 32.2. The highest BCUT2D eigenvalue weighted by Crippen LogP contribution is 2.16. The number of rotatable bonds is 4. The van der Waals surface area contributed by atoms with Crippen LogP contribution in [0.2, 0.25) is 0 Å². The van der Waals surface area contributed by atoms with E-state index in [2.05, 4.69) is 14.7 Å². The zero-order valence-electron chi connectivity index (χ0n) is 7.86. The SMILES string of the molecule is CCOC(=O)C(=O)c1[nH]cnc1SC. The summed E-state index contributed by atoms with van der Waals surface area (Å²) in [5.74, 6) is -1.54. The fourth-order valence-electron chi connectivity index (χ4n) is 0.898. The fraction of sp³-hybridized carbons (Fsp3) is 0.375. The molecule has 1 heterocycles. The normalized spacial score (nSPS) is 9.86. The van der Waals surface area contributed by atoms with E-state index < -0.39 is 11.8 Å². The standard InChI is InChI=1S/C8H10N2O3S/c1-3-13-8(12)6(11)5-7(14-2)10-4-9-5/h4H,3H2,1-2H3,(H,9,10). The quantitative estimate of drug-likeness (QED) is 0.348. The van der Waals surface area contributed by atoms with Crippen LogP contribution in [-0.4, -0.2) is 34.6 Å². The van der Waals surface area contributed by atoms with Crippen LogP contribution in [0, 0.1) is 0 Å². The van der Waals surface area contributed by atoms with Gasteiger partial charge in [-0.1, -0.05) is 0 Å². The molecule has 0 bridgehead atoms. The van der Waals surface area contributed by atoms with Crippen molar-refractivity contribution in [2.24, 2.45) is 0 Å². The maximum Gasteiger partial charge on any atom is 0.381 e. The van der Waals surface area contributed by atoms with Crippen molar-refractivity contribution in [3.8, 4) is 0 Å². The number of imidazole rings is 1. The molecule has 0 aliphatic rings. The number of thioether (sulfide) groups is 1. The molecule has 0 unspecified atom stereocenters. The Morgan fingerprint density at radius 1 is 1.64 bits per heavy atom. The van der Waals surface area contributed by atoms with Crippen molar-refractivity contribution in [3.63, 3.8) is 0 Å². The zero-order valence-corrected chi connectivity index (χ0v) is 8.68. The molecule has 0 spiro atoms. The summed E-state index contributed by atoms with van der Waals surface area (Å²) in [6.07, 6.45) is 3.15. The maximum absolute atomic E-state index is 11.4. The van der Waals surface area contributed by atoms with Crippen LogP contribution < -0.4 is 0 Å². The molecular weight excluding hydrogens is 204 g/mol. The van der Waals surface area contributed by atoms with E-state index in [-0.39, 0.29) is 12.3 Å². The highest BCUT2D eigenvalue weighted by Gasteiger charge is 2.22. The molecule has 1 N–H and O–H groups in total. The van der Waals surface area contributed by atoms with Crippen LogP contribution in [0.15, 0.2) is 11.4 Å². The molecule has 5 nitrogen and oxygen atoms in total. The predicted molar refractivity (Wildman–Crippen MR) is 51.3 cm³/mol. The highest BCUT2D eigenvalue weighted by molar-refractivity contribution is 7.98. The Balaban J connectivity index is 2.83. The molecule has 1 rings (SSSR count). The number of H-pyrrole nitrogens is 1. The summed E-state index contributed by atoms with van der Waals surface area (Å²) >= 11 is 1.29. The van der Waals surface area contributed by atoms with Crippen LogP contribution in [0.25, 0.3) is 0 Å². The van der Waals surface area contributed by atoms with Gasteiger partial charge in [0.25, 0.3) is 5.78 Å². The molecular formula is C8H10N2O3S. The van der Waals surface area contributed by atoms with Crippen molar-refractivity contribution in [1.82, 2.24) is 9.97 Å². The third-order valence-electron chi connectivity index (χ3n) is 1.49. The summed E-state index contributed by atoms with van der Waals surface area (Å²) in [7, 11) is 0. The number of hydrogen-bond donors (Lipinski definition) is 1. The Labute approximate surface area is 85.2 Å². The van der Waals surface area contributed by atoms with Gasteiger partial charge in [0.2, 0.25) is 0 Å². The van der Waals surface area contributed by atoms with Crippen molar-refractivity contribution in [3.05, 3.63) is 12.0 Å². The van der Waals surface area contributed by atoms with Crippen LogP contribution in [0.3, 0.4) is 0 Å². The van der Waals surface area contributed by atoms with E-state index in [1.165, 1.54) is 18.1 Å². The molecule has 1 aromatic heterocycles. The Morgan fingerprint density at radius 3 is 2.93 bits per heavy atom. The zero-order chi connectivity index (χ0) is 10.6. The van der Waals surface area contributed by atoms with Gasteiger partial charge in [-0.25, -0.2) is 9.78 Å². The Kier molecular flexibility index (Phi) is 3.70. The van der Waals surface area contributed by atoms with Crippen LogP contribution in [0.4, 0.5) is 0 Å². The summed E-state index contributed by atoms with van der Waals surface area (Å²) in [6, 6.07) is 0. The molecule has 0 radical (unpaired) electrons. The number of ether oxygens (including phenoxy) is 1. The molecule has 14 heavy (non-hydrogen) atoms. The van der Waals surface area contributed by atoms with E-state index in [1.54, 1.807) is 13.2 Å². The fourth-order valence-corrected chi connectivity index (χ4v) is 1.41. The number of carbonyl (C=O) groups is 2. The molecule has 1 aromatic rings. The Hall–Kier alpha value is -1.30. The molecule has 0 saturated heterocycles. The lowest BCUT2D eigenvalue weighted by Crippen LogP contribution is -2.18. The van der Waals surface area contributed by atoms with E-state index in [4.69, 9.17) is 0 Å². The van der Waals surface area contributed by atoms with Crippen molar-refractivity contribution < 1.29 is 14.3 Å². The van der Waals surface area contributed by atoms with E-state index in [1.807, 2.05) is 0 Å². The number of aromatic nitrogens is 2. The monoisotopic (exact) mass is 214 g/mol. The van der Waals surface area contributed by atoms with Crippen molar-refractivity contribution >= 4 is 23.5 Å². The summed E-state index contributed by atoms with van der Waals surface area (Å²) in [4.78, 5) is 29.0. The second-order valence-corrected chi connectivity index (χ2v) is 3.13. The summed E-state index contributed by atoms with van der Waals surface area (Å²) < 4.78 is 4.58. The molecule has 0 aliphatic heterocycles. The average Bonchev–Trinajstić information content (AvgIpc) is 2.64. The first-order valence-electron chi connectivity index (χ1n) is 3.99. The summed E-state index contributed by atoms with van der Waals surface area (Å²) in [5.41, 5.74) is 0.191. The van der Waals surface area contributed by atoms with Crippen molar-refractivity contribution in [2.75, 3.05) is 12.9 Å². The van der Waals surface area contributed by atoms with Gasteiger partial charge in [0, 0.05) is 0 Å². The largest absolute Gasteiger partial charge is 0.460 e. The third kappa shape index (κ3) is 2.14. The summed E-state index contributed by atoms with van der Waals surface area (Å²) in [5, 5.41) is 0.503. The first-order chi connectivity index (χ1) is 6.70. The molecule has 0 fully saturated rings. The van der Waals surface area contributed by atoms with E-state index in [0.29, 0.717) is 5.03 Å². The van der Waals surface area contributed by atoms with Gasteiger partial charge in [0.05, 0.1) is 12.9 Å². The minimum atomic E-state index is -0.855. The molecule has 0 saturated carbocycles. The molecule has 0 aromatic carbocycles. The lowest BCUT2D eigenvalue weighted by molar-refractivity contribution is -0.137. The smallest absolute Gasteiger partial charge is 0.381 e. The Morgan fingerprint density at radius 2 is 2.36 bits per heavy atom. The minimum absolute atomic E-state index is 0.188. The molecule has 0 aliphatic carbocycles. The van der Waals surface area contributed by atoms with Gasteiger partial charge in [-0.05, 0) is 13.2 Å². The van der Waals surface area contributed by atoms with E-state index >= 15 is 0 Å². The number of esters is 1. The number of nitrogens with zero attached hydrogens (tertiary/aromatic N) is 1. The number of hydrogen-bond acceptors (Lipinski definition) is 5. The minimum Gasteiger partial charge on any atom is -0.460 e. The van der Waals surface area contributed by atoms with E-state index in [9.17, 15) is 9.59 Å². The summed E-state index contributed by atoms with van der Waals surface area (Å²) in [6.45, 7) is 1.83. The van der Waals surface area contributed by atoms with E-state index in [0.717, 1.165) is 0 Å². The van der Waals surface area contributed by atoms with Crippen molar-refractivity contribution in [1.29, 1.82) is 0 Å². The molecule has 0 atom stereocenters. The maximum atomic E-state index is 11.4. The number of ketones is 1. The topological polar surface area (TPSA) is 72.1 Å². The average molecular weight is 214 g/mol. The van der Waals surface area contributed by atoms with Crippen LogP contribution in [0.1, 0.15) is 17.4 Å². The molecule has 0 amide bonds. The van der Waals surface area contributed by atoms with Gasteiger partial charge in [-0.15, -0.1) is 11.8 Å². The van der Waals surface area contributed by atoms with Crippen LogP contribution in [0.5, 0.6) is 0 Å². The lowest BCUT2D eigenvalue weighted by Gasteiger charge is -1.99. The second kappa shape index (κ2) is 4.80. The third-order valence-corrected chi connectivity index (χ3v) is 2.18. The van der Waals surface area contributed by atoms with Gasteiger partial charge in [0.15, 0.2) is 0 Å². The lowest BCUT2D eigenvalue weighted by atomic mass is 10.3. The van der Waals surface area contributed by atoms with Gasteiger partial charge in [-0.3, -0.25) is 4.79 Å². The first-order valence-corrected chi connectivity index (χ1v) is 5.22. The molecule has 6 heteroatoms.